The Labute approximate surface area is 71.5 Å². The second-order valence-electron chi connectivity index (χ2n) is 2.34. The van der Waals surface area contributed by atoms with Gasteiger partial charge in [-0.2, -0.15) is 0 Å². The molecule has 0 amide bonds. The molecule has 1 heterocycles. The van der Waals surface area contributed by atoms with Gasteiger partial charge in [0.1, 0.15) is 0 Å². The monoisotopic (exact) mass is 164 g/mol. The average molecular weight is 164 g/mol. The van der Waals surface area contributed by atoms with Gasteiger partial charge in [-0.05, 0) is 6.42 Å². The molecule has 0 atom stereocenters. The standard InChI is InChI=1S/C8H12N4/c1-2-3-4-10-8-11-5-7(9)6-12-8/h2,5-6H,1,3-4,9H2,(H,10,11,12). The third kappa shape index (κ3) is 2.57. The maximum Gasteiger partial charge on any atom is 0.222 e. The molecule has 4 heteroatoms. The van der Waals surface area contributed by atoms with Gasteiger partial charge in [-0.1, -0.05) is 6.08 Å². The van der Waals surface area contributed by atoms with Crippen molar-refractivity contribution in [2.24, 2.45) is 0 Å². The summed E-state index contributed by atoms with van der Waals surface area (Å²) in [7, 11) is 0. The van der Waals surface area contributed by atoms with Gasteiger partial charge < -0.3 is 11.1 Å². The van der Waals surface area contributed by atoms with Gasteiger partial charge in [0.2, 0.25) is 5.95 Å². The minimum Gasteiger partial charge on any atom is -0.396 e. The number of nitrogens with two attached hydrogens (primary N) is 1. The predicted molar refractivity (Wildman–Crippen MR) is 49.7 cm³/mol. The van der Waals surface area contributed by atoms with Crippen molar-refractivity contribution < 1.29 is 0 Å². The highest BCUT2D eigenvalue weighted by Gasteiger charge is 1.91. The van der Waals surface area contributed by atoms with Gasteiger partial charge in [-0.15, -0.1) is 6.58 Å². The lowest BCUT2D eigenvalue weighted by molar-refractivity contribution is 1.02. The summed E-state index contributed by atoms with van der Waals surface area (Å²) in [4.78, 5) is 7.94. The van der Waals surface area contributed by atoms with Crippen LogP contribution in [0.5, 0.6) is 0 Å². The fraction of sp³-hybridized carbons (Fsp3) is 0.250. The largest absolute Gasteiger partial charge is 0.396 e. The van der Waals surface area contributed by atoms with Crippen LogP contribution in [0.25, 0.3) is 0 Å². The molecule has 1 aromatic heterocycles. The zero-order chi connectivity index (χ0) is 8.81. The molecule has 0 saturated heterocycles. The van der Waals surface area contributed by atoms with Gasteiger partial charge in [-0.25, -0.2) is 9.97 Å². The van der Waals surface area contributed by atoms with Crippen molar-refractivity contribution in [1.29, 1.82) is 0 Å². The molecule has 0 radical (unpaired) electrons. The van der Waals surface area contributed by atoms with Gasteiger partial charge in [-0.3, -0.25) is 0 Å². The molecule has 64 valence electrons. The number of hydrogen-bond acceptors (Lipinski definition) is 4. The van der Waals surface area contributed by atoms with Crippen LogP contribution in [0.2, 0.25) is 0 Å². The Morgan fingerprint density at radius 1 is 1.50 bits per heavy atom. The molecule has 0 bridgehead atoms. The number of rotatable bonds is 4. The fourth-order valence-corrected chi connectivity index (χ4v) is 0.715. The van der Waals surface area contributed by atoms with E-state index in [9.17, 15) is 0 Å². The highest BCUT2D eigenvalue weighted by molar-refractivity contribution is 5.35. The predicted octanol–water partition coefficient (Wildman–Crippen LogP) is 1.05. The first kappa shape index (κ1) is 8.52. The molecule has 1 rings (SSSR count). The first-order valence-corrected chi connectivity index (χ1v) is 3.75. The normalized spacial score (nSPS) is 9.33. The van der Waals surface area contributed by atoms with E-state index in [4.69, 9.17) is 5.73 Å². The van der Waals surface area contributed by atoms with Crippen LogP contribution in [0.3, 0.4) is 0 Å². The Morgan fingerprint density at radius 2 is 2.17 bits per heavy atom. The number of hydrogen-bond donors (Lipinski definition) is 2. The van der Waals surface area contributed by atoms with Crippen LogP contribution in [0.4, 0.5) is 11.6 Å². The second kappa shape index (κ2) is 4.33. The first-order valence-electron chi connectivity index (χ1n) is 3.75. The summed E-state index contributed by atoms with van der Waals surface area (Å²) < 4.78 is 0. The highest BCUT2D eigenvalue weighted by atomic mass is 15.1. The van der Waals surface area contributed by atoms with Gasteiger partial charge in [0, 0.05) is 6.54 Å². The van der Waals surface area contributed by atoms with E-state index in [1.54, 1.807) is 12.4 Å². The van der Waals surface area contributed by atoms with Crippen molar-refractivity contribution >= 4 is 11.6 Å². The molecule has 0 spiro atoms. The number of aromatic nitrogens is 2. The number of nitrogens with zero attached hydrogens (tertiary/aromatic N) is 2. The summed E-state index contributed by atoms with van der Waals surface area (Å²) in [5.41, 5.74) is 5.99. The summed E-state index contributed by atoms with van der Waals surface area (Å²) >= 11 is 0. The molecule has 0 aliphatic rings. The average Bonchev–Trinajstić information content (AvgIpc) is 2.09. The van der Waals surface area contributed by atoms with Crippen LogP contribution in [-0.2, 0) is 0 Å². The van der Waals surface area contributed by atoms with Crippen molar-refractivity contribution in [3.63, 3.8) is 0 Å². The molecule has 0 unspecified atom stereocenters. The van der Waals surface area contributed by atoms with Crippen molar-refractivity contribution in [2.75, 3.05) is 17.6 Å². The highest BCUT2D eigenvalue weighted by Crippen LogP contribution is 2.00. The summed E-state index contributed by atoms with van der Waals surface area (Å²) in [6.07, 6.45) is 5.88. The second-order valence-corrected chi connectivity index (χ2v) is 2.34. The summed E-state index contributed by atoms with van der Waals surface area (Å²) in [5, 5.41) is 3.02. The lowest BCUT2D eigenvalue weighted by Gasteiger charge is -2.01. The molecule has 1 aromatic rings. The fourth-order valence-electron chi connectivity index (χ4n) is 0.715. The molecule has 0 aliphatic heterocycles. The Morgan fingerprint density at radius 3 is 2.75 bits per heavy atom. The molecular weight excluding hydrogens is 152 g/mol. The lowest BCUT2D eigenvalue weighted by Crippen LogP contribution is -2.04. The van der Waals surface area contributed by atoms with Gasteiger partial charge >= 0.3 is 0 Å². The van der Waals surface area contributed by atoms with Crippen molar-refractivity contribution in [3.8, 4) is 0 Å². The van der Waals surface area contributed by atoms with Crippen molar-refractivity contribution in [2.45, 2.75) is 6.42 Å². The van der Waals surface area contributed by atoms with Crippen LogP contribution in [0, 0.1) is 0 Å². The molecule has 12 heavy (non-hydrogen) atoms. The minimum absolute atomic E-state index is 0.573. The van der Waals surface area contributed by atoms with E-state index >= 15 is 0 Å². The van der Waals surface area contributed by atoms with Crippen molar-refractivity contribution in [3.05, 3.63) is 25.0 Å². The molecule has 0 aromatic carbocycles. The number of nitrogen functional groups attached to an aromatic ring is 1. The molecule has 4 nitrogen and oxygen atoms in total. The SMILES string of the molecule is C=CCCNc1ncc(N)cn1. The molecule has 3 N–H and O–H groups in total. The lowest BCUT2D eigenvalue weighted by atomic mass is 10.4. The Bertz CT molecular complexity index is 242. The zero-order valence-electron chi connectivity index (χ0n) is 6.83. The van der Waals surface area contributed by atoms with Gasteiger partial charge in [0.05, 0.1) is 18.1 Å². The number of nitrogens with one attached hydrogen (secondary N) is 1. The third-order valence-electron chi connectivity index (χ3n) is 1.30. The van der Waals surface area contributed by atoms with E-state index in [2.05, 4.69) is 21.9 Å². The van der Waals surface area contributed by atoms with E-state index in [0.29, 0.717) is 11.6 Å². The van der Waals surface area contributed by atoms with Gasteiger partial charge in [0.25, 0.3) is 0 Å². The quantitative estimate of drug-likeness (QED) is 0.515. The van der Waals surface area contributed by atoms with Crippen LogP contribution in [-0.4, -0.2) is 16.5 Å². The van der Waals surface area contributed by atoms with E-state index in [0.717, 1.165) is 13.0 Å². The van der Waals surface area contributed by atoms with Crippen LogP contribution in [0.15, 0.2) is 25.0 Å². The van der Waals surface area contributed by atoms with E-state index in [-0.39, 0.29) is 0 Å². The minimum atomic E-state index is 0.573. The summed E-state index contributed by atoms with van der Waals surface area (Å²) in [6, 6.07) is 0. The Kier molecular flexibility index (Phi) is 3.07. The van der Waals surface area contributed by atoms with Crippen molar-refractivity contribution in [1.82, 2.24) is 9.97 Å². The molecule has 0 saturated carbocycles. The number of anilines is 2. The first-order chi connectivity index (χ1) is 5.83. The van der Waals surface area contributed by atoms with Crippen LogP contribution < -0.4 is 11.1 Å². The smallest absolute Gasteiger partial charge is 0.222 e. The molecular formula is C8H12N4. The summed E-state index contributed by atoms with van der Waals surface area (Å²) in [5.74, 6) is 0.603. The maximum atomic E-state index is 5.41. The van der Waals surface area contributed by atoms with E-state index in [1.807, 2.05) is 6.08 Å². The van der Waals surface area contributed by atoms with E-state index < -0.39 is 0 Å². The topological polar surface area (TPSA) is 63.8 Å². The third-order valence-corrected chi connectivity index (χ3v) is 1.30. The van der Waals surface area contributed by atoms with E-state index in [1.165, 1.54) is 0 Å². The molecule has 0 fully saturated rings. The maximum absolute atomic E-state index is 5.41. The van der Waals surface area contributed by atoms with Crippen LogP contribution >= 0.6 is 0 Å². The molecule has 0 aliphatic carbocycles. The Hall–Kier alpha value is -1.58. The Balaban J connectivity index is 2.42. The van der Waals surface area contributed by atoms with Crippen LogP contribution in [0.1, 0.15) is 6.42 Å². The summed E-state index contributed by atoms with van der Waals surface area (Å²) in [6.45, 7) is 4.40. The van der Waals surface area contributed by atoms with Gasteiger partial charge in [0.15, 0.2) is 0 Å². The zero-order valence-corrected chi connectivity index (χ0v) is 6.83.